The fourth-order valence-electron chi connectivity index (χ4n) is 2.41. The predicted molar refractivity (Wildman–Crippen MR) is 65.7 cm³/mol. The first-order valence-corrected chi connectivity index (χ1v) is 6.64. The van der Waals surface area contributed by atoms with Crippen molar-refractivity contribution >= 4 is 12.0 Å². The number of hydrogen-bond acceptors (Lipinski definition) is 4. The lowest BCUT2D eigenvalue weighted by Crippen LogP contribution is -2.51. The van der Waals surface area contributed by atoms with E-state index in [0.717, 1.165) is 19.3 Å². The monoisotopic (exact) mass is 272 g/mol. The molecule has 0 radical (unpaired) electrons. The van der Waals surface area contributed by atoms with Crippen LogP contribution >= 0.6 is 0 Å². The summed E-state index contributed by atoms with van der Waals surface area (Å²) in [5.41, 5.74) is 0. The van der Waals surface area contributed by atoms with E-state index in [-0.39, 0.29) is 25.2 Å². The topological polar surface area (TPSA) is 108 Å². The lowest BCUT2D eigenvalue weighted by Gasteiger charge is -2.21. The van der Waals surface area contributed by atoms with Crippen LogP contribution in [0, 0.1) is 5.92 Å². The molecule has 3 atom stereocenters. The third-order valence-electron chi connectivity index (χ3n) is 3.56. The molecule has 1 aliphatic carbocycles. The zero-order valence-corrected chi connectivity index (χ0v) is 10.7. The maximum atomic E-state index is 11.8. The lowest BCUT2D eigenvalue weighted by molar-refractivity contribution is -0.139. The summed E-state index contributed by atoms with van der Waals surface area (Å²) in [6.07, 6.45) is 3.08. The molecule has 2 unspecified atom stereocenters. The molecule has 108 valence electrons. The second-order valence-electron chi connectivity index (χ2n) is 5.09. The Kier molecular flexibility index (Phi) is 4.60. The van der Waals surface area contributed by atoms with E-state index in [9.17, 15) is 9.59 Å². The highest BCUT2D eigenvalue weighted by atomic mass is 16.5. The lowest BCUT2D eigenvalue weighted by atomic mass is 10.1. The van der Waals surface area contributed by atoms with Gasteiger partial charge < -0.3 is 25.6 Å². The SMILES string of the molecule is O=C(NC1CCOC1C1CC1)N[C@H](CCO)C(=O)O. The Bertz CT molecular complexity index is 345. The highest BCUT2D eigenvalue weighted by Gasteiger charge is 2.41. The first-order valence-electron chi connectivity index (χ1n) is 6.64. The molecule has 2 fully saturated rings. The number of nitrogens with one attached hydrogen (secondary N) is 2. The molecule has 0 bridgehead atoms. The number of rotatable bonds is 6. The molecular weight excluding hydrogens is 252 g/mol. The van der Waals surface area contributed by atoms with Gasteiger partial charge >= 0.3 is 12.0 Å². The minimum absolute atomic E-state index is 0.00399. The van der Waals surface area contributed by atoms with Crippen molar-refractivity contribution in [1.29, 1.82) is 0 Å². The van der Waals surface area contributed by atoms with E-state index in [0.29, 0.717) is 12.5 Å². The molecule has 1 heterocycles. The molecule has 19 heavy (non-hydrogen) atoms. The van der Waals surface area contributed by atoms with Crippen LogP contribution in [0.3, 0.4) is 0 Å². The number of aliphatic carboxylic acids is 1. The third kappa shape index (κ3) is 3.81. The Hall–Kier alpha value is -1.34. The standard InChI is InChI=1S/C12H20N2O5/c15-5-3-9(11(16)17)14-12(18)13-8-4-6-19-10(8)7-1-2-7/h7-10,15H,1-6H2,(H,16,17)(H2,13,14,18)/t8?,9-,10?/m1/s1. The van der Waals surface area contributed by atoms with E-state index in [1.807, 2.05) is 0 Å². The molecule has 2 rings (SSSR count). The molecule has 0 aromatic rings. The van der Waals surface area contributed by atoms with Crippen molar-refractivity contribution in [2.75, 3.05) is 13.2 Å². The summed E-state index contributed by atoms with van der Waals surface area (Å²) >= 11 is 0. The largest absolute Gasteiger partial charge is 0.480 e. The van der Waals surface area contributed by atoms with Gasteiger partial charge in [-0.2, -0.15) is 0 Å². The minimum atomic E-state index is -1.15. The third-order valence-corrected chi connectivity index (χ3v) is 3.56. The van der Waals surface area contributed by atoms with E-state index in [1.165, 1.54) is 0 Å². The second-order valence-corrected chi connectivity index (χ2v) is 5.09. The fraction of sp³-hybridized carbons (Fsp3) is 0.833. The highest BCUT2D eigenvalue weighted by Crippen LogP contribution is 2.38. The predicted octanol–water partition coefficient (Wildman–Crippen LogP) is -0.311. The Morgan fingerprint density at radius 2 is 2.05 bits per heavy atom. The number of carboxylic acid groups (broad SMARTS) is 1. The molecule has 1 saturated carbocycles. The van der Waals surface area contributed by atoms with Crippen LogP contribution in [-0.2, 0) is 9.53 Å². The molecule has 4 N–H and O–H groups in total. The van der Waals surface area contributed by atoms with E-state index in [2.05, 4.69) is 10.6 Å². The summed E-state index contributed by atoms with van der Waals surface area (Å²) in [4.78, 5) is 22.6. The normalized spacial score (nSPS) is 27.8. The summed E-state index contributed by atoms with van der Waals surface area (Å²) in [5.74, 6) is -0.619. The Balaban J connectivity index is 1.80. The Morgan fingerprint density at radius 3 is 2.63 bits per heavy atom. The second kappa shape index (κ2) is 6.21. The number of aliphatic hydroxyl groups excluding tert-OH is 1. The van der Waals surface area contributed by atoms with Crippen LogP contribution < -0.4 is 10.6 Å². The molecule has 0 aromatic carbocycles. The Labute approximate surface area is 111 Å². The maximum absolute atomic E-state index is 11.8. The quantitative estimate of drug-likeness (QED) is 0.530. The molecule has 0 spiro atoms. The zero-order valence-electron chi connectivity index (χ0n) is 10.7. The zero-order chi connectivity index (χ0) is 13.8. The van der Waals surface area contributed by atoms with E-state index >= 15 is 0 Å². The molecule has 0 aromatic heterocycles. The number of ether oxygens (including phenoxy) is 1. The molecule has 2 amide bonds. The van der Waals surface area contributed by atoms with Crippen LogP contribution in [-0.4, -0.2) is 53.6 Å². The minimum Gasteiger partial charge on any atom is -0.480 e. The molecule has 2 aliphatic rings. The maximum Gasteiger partial charge on any atom is 0.326 e. The van der Waals surface area contributed by atoms with Gasteiger partial charge in [-0.1, -0.05) is 0 Å². The molecule has 1 aliphatic heterocycles. The summed E-state index contributed by atoms with van der Waals surface area (Å²) in [7, 11) is 0. The van der Waals surface area contributed by atoms with Gasteiger partial charge in [0.2, 0.25) is 0 Å². The summed E-state index contributed by atoms with van der Waals surface area (Å²) in [5, 5.41) is 22.8. The summed E-state index contributed by atoms with van der Waals surface area (Å²) in [6, 6.07) is -1.62. The van der Waals surface area contributed by atoms with E-state index < -0.39 is 18.0 Å². The molecule has 7 nitrogen and oxygen atoms in total. The van der Waals surface area contributed by atoms with Gasteiger partial charge in [0.05, 0.1) is 12.1 Å². The summed E-state index contributed by atoms with van der Waals surface area (Å²) in [6.45, 7) is 0.347. The van der Waals surface area contributed by atoms with Crippen molar-refractivity contribution in [1.82, 2.24) is 10.6 Å². The van der Waals surface area contributed by atoms with Crippen LogP contribution in [0.15, 0.2) is 0 Å². The van der Waals surface area contributed by atoms with Crippen molar-refractivity contribution in [2.24, 2.45) is 5.92 Å². The number of carboxylic acids is 1. The van der Waals surface area contributed by atoms with Gasteiger partial charge in [-0.25, -0.2) is 9.59 Å². The highest BCUT2D eigenvalue weighted by molar-refractivity contribution is 5.82. The van der Waals surface area contributed by atoms with Crippen molar-refractivity contribution < 1.29 is 24.5 Å². The van der Waals surface area contributed by atoms with Crippen molar-refractivity contribution in [2.45, 2.75) is 43.9 Å². The van der Waals surface area contributed by atoms with Crippen LogP contribution in [0.2, 0.25) is 0 Å². The van der Waals surface area contributed by atoms with Crippen LogP contribution in [0.1, 0.15) is 25.7 Å². The van der Waals surface area contributed by atoms with Crippen LogP contribution in [0.25, 0.3) is 0 Å². The number of hydrogen-bond donors (Lipinski definition) is 4. The van der Waals surface area contributed by atoms with Gasteiger partial charge in [0, 0.05) is 19.6 Å². The number of amides is 2. The number of carbonyl (C=O) groups is 2. The van der Waals surface area contributed by atoms with E-state index in [1.54, 1.807) is 0 Å². The van der Waals surface area contributed by atoms with Gasteiger partial charge in [-0.15, -0.1) is 0 Å². The smallest absolute Gasteiger partial charge is 0.326 e. The van der Waals surface area contributed by atoms with Gasteiger partial charge in [-0.05, 0) is 25.2 Å². The van der Waals surface area contributed by atoms with Gasteiger partial charge in [-0.3, -0.25) is 0 Å². The number of carbonyl (C=O) groups excluding carboxylic acids is 1. The first-order chi connectivity index (χ1) is 9.11. The van der Waals surface area contributed by atoms with Crippen molar-refractivity contribution in [3.63, 3.8) is 0 Å². The Morgan fingerprint density at radius 1 is 1.32 bits per heavy atom. The molecular formula is C12H20N2O5. The van der Waals surface area contributed by atoms with E-state index in [4.69, 9.17) is 14.9 Å². The number of aliphatic hydroxyl groups is 1. The summed E-state index contributed by atoms with van der Waals surface area (Å²) < 4.78 is 5.59. The van der Waals surface area contributed by atoms with Crippen molar-refractivity contribution in [3.05, 3.63) is 0 Å². The molecule has 1 saturated heterocycles. The average molecular weight is 272 g/mol. The molecule has 7 heteroatoms. The van der Waals surface area contributed by atoms with Gasteiger partial charge in [0.25, 0.3) is 0 Å². The average Bonchev–Trinajstić information content (AvgIpc) is 3.10. The number of urea groups is 1. The fourth-order valence-corrected chi connectivity index (χ4v) is 2.41. The van der Waals surface area contributed by atoms with Crippen LogP contribution in [0.4, 0.5) is 4.79 Å². The first kappa shape index (κ1) is 14.1. The van der Waals surface area contributed by atoms with Crippen molar-refractivity contribution in [3.8, 4) is 0 Å². The van der Waals surface area contributed by atoms with Crippen LogP contribution in [0.5, 0.6) is 0 Å². The van der Waals surface area contributed by atoms with Gasteiger partial charge in [0.1, 0.15) is 6.04 Å². The van der Waals surface area contributed by atoms with Gasteiger partial charge in [0.15, 0.2) is 0 Å².